The number of aromatic nitrogens is 2. The number of hydrogen-bond donors (Lipinski definition) is 1. The Morgan fingerprint density at radius 3 is 2.35 bits per heavy atom. The molecule has 0 saturated carbocycles. The summed E-state index contributed by atoms with van der Waals surface area (Å²) in [6, 6.07) is 12.8. The van der Waals surface area contributed by atoms with Crippen molar-refractivity contribution in [3.05, 3.63) is 70.1 Å². The Morgan fingerprint density at radius 2 is 1.74 bits per heavy atom. The zero-order chi connectivity index (χ0) is 22.6. The van der Waals surface area contributed by atoms with Crippen LogP contribution < -0.4 is 10.9 Å². The van der Waals surface area contributed by atoms with E-state index in [0.29, 0.717) is 35.2 Å². The van der Waals surface area contributed by atoms with Gasteiger partial charge in [0.2, 0.25) is 10.0 Å². The SMILES string of the molecule is COCCn1nc(CNC(=O)c2ccc(S(=O)(=O)N(C)C)cc2)c2ccccc2c1=O. The second-order valence-electron chi connectivity index (χ2n) is 7.01. The Hall–Kier alpha value is -3.08. The molecule has 3 aromatic rings. The molecule has 0 unspecified atom stereocenters. The molecule has 2 aromatic carbocycles. The number of rotatable bonds is 8. The van der Waals surface area contributed by atoms with Gasteiger partial charge >= 0.3 is 0 Å². The maximum Gasteiger partial charge on any atom is 0.274 e. The maximum atomic E-state index is 12.6. The number of sulfonamides is 1. The van der Waals surface area contributed by atoms with Crippen LogP contribution in [0.5, 0.6) is 0 Å². The van der Waals surface area contributed by atoms with Crippen LogP contribution in [0.4, 0.5) is 0 Å². The molecular weight excluding hydrogens is 420 g/mol. The van der Waals surface area contributed by atoms with Gasteiger partial charge in [-0.1, -0.05) is 18.2 Å². The first-order valence-corrected chi connectivity index (χ1v) is 11.0. The van der Waals surface area contributed by atoms with Crippen molar-refractivity contribution in [2.24, 2.45) is 0 Å². The minimum atomic E-state index is -3.57. The summed E-state index contributed by atoms with van der Waals surface area (Å²) in [4.78, 5) is 25.3. The zero-order valence-electron chi connectivity index (χ0n) is 17.5. The molecule has 31 heavy (non-hydrogen) atoms. The lowest BCUT2D eigenvalue weighted by Gasteiger charge is -2.13. The topological polar surface area (TPSA) is 111 Å². The van der Waals surface area contributed by atoms with Gasteiger partial charge in [-0.25, -0.2) is 17.4 Å². The predicted molar refractivity (Wildman–Crippen MR) is 116 cm³/mol. The van der Waals surface area contributed by atoms with Gasteiger partial charge in [-0.3, -0.25) is 9.59 Å². The van der Waals surface area contributed by atoms with Crippen molar-refractivity contribution in [3.63, 3.8) is 0 Å². The molecule has 0 aliphatic carbocycles. The largest absolute Gasteiger partial charge is 0.383 e. The fourth-order valence-corrected chi connectivity index (χ4v) is 3.92. The highest BCUT2D eigenvalue weighted by Crippen LogP contribution is 2.15. The number of nitrogens with zero attached hydrogens (tertiary/aromatic N) is 3. The number of methoxy groups -OCH3 is 1. The molecule has 1 aromatic heterocycles. The summed E-state index contributed by atoms with van der Waals surface area (Å²) in [5.74, 6) is -0.380. The number of benzene rings is 2. The van der Waals surface area contributed by atoms with Crippen LogP contribution in [0.3, 0.4) is 0 Å². The third-order valence-corrected chi connectivity index (χ3v) is 6.59. The Balaban J connectivity index is 1.83. The van der Waals surface area contributed by atoms with Crippen LogP contribution >= 0.6 is 0 Å². The van der Waals surface area contributed by atoms with Crippen LogP contribution in [0, 0.1) is 0 Å². The standard InChI is InChI=1S/C21H24N4O5S/c1-24(2)31(28,29)16-10-8-15(9-11-16)20(26)22-14-19-17-6-4-5-7-18(17)21(27)25(23-19)12-13-30-3/h4-11H,12-14H2,1-3H3,(H,22,26). The summed E-state index contributed by atoms with van der Waals surface area (Å²) in [5, 5.41) is 8.35. The van der Waals surface area contributed by atoms with Gasteiger partial charge in [0.25, 0.3) is 11.5 Å². The molecule has 0 spiro atoms. The molecule has 0 aliphatic rings. The summed E-state index contributed by atoms with van der Waals surface area (Å²) < 4.78 is 31.8. The number of ether oxygens (including phenoxy) is 1. The van der Waals surface area contributed by atoms with Crippen LogP contribution in [-0.4, -0.2) is 56.2 Å². The van der Waals surface area contributed by atoms with Crippen molar-refractivity contribution in [2.75, 3.05) is 27.8 Å². The van der Waals surface area contributed by atoms with Crippen LogP contribution in [0.1, 0.15) is 16.1 Å². The lowest BCUT2D eigenvalue weighted by atomic mass is 10.1. The summed E-state index contributed by atoms with van der Waals surface area (Å²) >= 11 is 0. The fourth-order valence-electron chi connectivity index (χ4n) is 3.02. The summed E-state index contributed by atoms with van der Waals surface area (Å²) in [5.41, 5.74) is 0.640. The quantitative estimate of drug-likeness (QED) is 0.559. The molecule has 0 radical (unpaired) electrons. The van der Waals surface area contributed by atoms with Crippen molar-refractivity contribution in [1.29, 1.82) is 0 Å². The summed E-state index contributed by atoms with van der Waals surface area (Å²) in [7, 11) is 0.865. The van der Waals surface area contributed by atoms with Crippen molar-refractivity contribution in [2.45, 2.75) is 18.0 Å². The molecular formula is C21H24N4O5S. The highest BCUT2D eigenvalue weighted by molar-refractivity contribution is 7.89. The number of carbonyl (C=O) groups excluding carboxylic acids is 1. The maximum absolute atomic E-state index is 12.6. The van der Waals surface area contributed by atoms with E-state index in [4.69, 9.17) is 4.74 Å². The molecule has 9 nitrogen and oxygen atoms in total. The van der Waals surface area contributed by atoms with Gasteiger partial charge in [0, 0.05) is 32.2 Å². The van der Waals surface area contributed by atoms with E-state index in [9.17, 15) is 18.0 Å². The highest BCUT2D eigenvalue weighted by Gasteiger charge is 2.18. The first-order valence-electron chi connectivity index (χ1n) is 9.54. The molecule has 1 amide bonds. The number of nitrogens with one attached hydrogen (secondary N) is 1. The molecule has 0 aliphatic heterocycles. The van der Waals surface area contributed by atoms with Crippen molar-refractivity contribution in [1.82, 2.24) is 19.4 Å². The molecule has 10 heteroatoms. The molecule has 3 rings (SSSR count). The van der Waals surface area contributed by atoms with Gasteiger partial charge in [0.15, 0.2) is 0 Å². The van der Waals surface area contributed by atoms with Crippen molar-refractivity contribution in [3.8, 4) is 0 Å². The van der Waals surface area contributed by atoms with E-state index < -0.39 is 10.0 Å². The van der Waals surface area contributed by atoms with Gasteiger partial charge in [0.1, 0.15) is 0 Å². The van der Waals surface area contributed by atoms with Crippen molar-refractivity contribution < 1.29 is 17.9 Å². The fraction of sp³-hybridized carbons (Fsp3) is 0.286. The predicted octanol–water partition coefficient (Wildman–Crippen LogP) is 1.22. The monoisotopic (exact) mass is 444 g/mol. The smallest absolute Gasteiger partial charge is 0.274 e. The minimum Gasteiger partial charge on any atom is -0.383 e. The third-order valence-electron chi connectivity index (χ3n) is 4.76. The average Bonchev–Trinajstić information content (AvgIpc) is 2.77. The van der Waals surface area contributed by atoms with E-state index in [1.54, 1.807) is 31.4 Å². The minimum absolute atomic E-state index is 0.102. The highest BCUT2D eigenvalue weighted by atomic mass is 32.2. The van der Waals surface area contributed by atoms with Gasteiger partial charge < -0.3 is 10.1 Å². The van der Waals surface area contributed by atoms with E-state index in [-0.39, 0.29) is 22.9 Å². The molecule has 0 bridgehead atoms. The summed E-state index contributed by atoms with van der Waals surface area (Å²) in [6.45, 7) is 0.729. The molecule has 0 atom stereocenters. The normalized spacial score (nSPS) is 11.7. The Morgan fingerprint density at radius 1 is 1.10 bits per heavy atom. The molecule has 0 fully saturated rings. The van der Waals surface area contributed by atoms with E-state index in [0.717, 1.165) is 4.31 Å². The number of carbonyl (C=O) groups is 1. The second kappa shape index (κ2) is 9.38. The average molecular weight is 445 g/mol. The number of hydrogen-bond acceptors (Lipinski definition) is 6. The van der Waals surface area contributed by atoms with E-state index in [2.05, 4.69) is 10.4 Å². The number of fused-ring (bicyclic) bond motifs is 1. The Bertz CT molecular complexity index is 1250. The lowest BCUT2D eigenvalue weighted by molar-refractivity contribution is 0.0950. The van der Waals surface area contributed by atoms with E-state index >= 15 is 0 Å². The van der Waals surface area contributed by atoms with Gasteiger partial charge in [0.05, 0.1) is 35.7 Å². The molecule has 1 heterocycles. The lowest BCUT2D eigenvalue weighted by Crippen LogP contribution is -2.29. The van der Waals surface area contributed by atoms with Gasteiger partial charge in [-0.05, 0) is 30.3 Å². The van der Waals surface area contributed by atoms with Crippen LogP contribution in [-0.2, 0) is 27.8 Å². The molecule has 164 valence electrons. The summed E-state index contributed by atoms with van der Waals surface area (Å²) in [6.07, 6.45) is 0. The first kappa shape index (κ1) is 22.6. The van der Waals surface area contributed by atoms with Crippen LogP contribution in [0.15, 0.2) is 58.2 Å². The van der Waals surface area contributed by atoms with Gasteiger partial charge in [-0.15, -0.1) is 0 Å². The van der Waals surface area contributed by atoms with Crippen LogP contribution in [0.25, 0.3) is 10.8 Å². The Labute approximate surface area is 180 Å². The number of amides is 1. The van der Waals surface area contributed by atoms with Crippen LogP contribution in [0.2, 0.25) is 0 Å². The molecule has 1 N–H and O–H groups in total. The van der Waals surface area contributed by atoms with E-state index in [1.807, 2.05) is 0 Å². The molecule has 0 saturated heterocycles. The third kappa shape index (κ3) is 4.82. The van der Waals surface area contributed by atoms with Gasteiger partial charge in [-0.2, -0.15) is 5.10 Å². The first-order chi connectivity index (χ1) is 14.8. The van der Waals surface area contributed by atoms with Crippen molar-refractivity contribution >= 4 is 26.7 Å². The zero-order valence-corrected chi connectivity index (χ0v) is 18.3. The van der Waals surface area contributed by atoms with E-state index in [1.165, 1.54) is 43.0 Å². The Kier molecular flexibility index (Phi) is 6.84. The second-order valence-corrected chi connectivity index (χ2v) is 9.16.